The number of benzene rings is 1. The molecule has 0 aliphatic heterocycles. The summed E-state index contributed by atoms with van der Waals surface area (Å²) in [4.78, 5) is 0. The lowest BCUT2D eigenvalue weighted by Gasteiger charge is -2.34. The van der Waals surface area contributed by atoms with E-state index < -0.39 is 11.6 Å². The van der Waals surface area contributed by atoms with E-state index in [2.05, 4.69) is 21.2 Å². The van der Waals surface area contributed by atoms with Crippen molar-refractivity contribution in [1.82, 2.24) is 5.32 Å². The van der Waals surface area contributed by atoms with E-state index in [9.17, 15) is 8.78 Å². The predicted molar refractivity (Wildman–Crippen MR) is 64.7 cm³/mol. The molecule has 0 aromatic heterocycles. The molecule has 0 radical (unpaired) electrons. The van der Waals surface area contributed by atoms with Crippen molar-refractivity contribution >= 4 is 15.9 Å². The Bertz CT molecular complexity index is 408. The molecule has 94 valence electrons. The number of ether oxygens (including phenoxy) is 1. The Morgan fingerprint density at radius 1 is 1.41 bits per heavy atom. The van der Waals surface area contributed by atoms with Crippen molar-refractivity contribution in [2.75, 3.05) is 7.11 Å². The molecule has 1 N–H and O–H groups in total. The van der Waals surface area contributed by atoms with Crippen LogP contribution in [0.5, 0.6) is 0 Å². The summed E-state index contributed by atoms with van der Waals surface area (Å²) in [5, 5.41) is 3.13. The first-order valence-corrected chi connectivity index (χ1v) is 6.29. The third kappa shape index (κ3) is 2.84. The van der Waals surface area contributed by atoms with Gasteiger partial charge in [-0.25, -0.2) is 8.78 Å². The molecule has 5 heteroatoms. The van der Waals surface area contributed by atoms with E-state index in [1.165, 1.54) is 12.1 Å². The van der Waals surface area contributed by atoms with Crippen LogP contribution < -0.4 is 5.32 Å². The van der Waals surface area contributed by atoms with Crippen LogP contribution in [0.3, 0.4) is 0 Å². The van der Waals surface area contributed by atoms with E-state index >= 15 is 0 Å². The van der Waals surface area contributed by atoms with Crippen molar-refractivity contribution in [3.63, 3.8) is 0 Å². The number of rotatable bonds is 4. The first-order chi connectivity index (χ1) is 8.11. The first kappa shape index (κ1) is 12.9. The highest BCUT2D eigenvalue weighted by Gasteiger charge is 2.28. The largest absolute Gasteiger partial charge is 0.381 e. The fourth-order valence-electron chi connectivity index (χ4n) is 1.90. The van der Waals surface area contributed by atoms with Gasteiger partial charge >= 0.3 is 0 Å². The van der Waals surface area contributed by atoms with Gasteiger partial charge in [0, 0.05) is 25.3 Å². The molecular formula is C12H14BrF2NO. The zero-order chi connectivity index (χ0) is 12.4. The maximum absolute atomic E-state index is 13.6. The van der Waals surface area contributed by atoms with Gasteiger partial charge in [0.15, 0.2) is 0 Å². The standard InChI is InChI=1S/C12H14BrF2NO/c1-17-8-4-7(5-8)16-6-9-11(14)3-2-10(13)12(9)15/h2-3,7-8,16H,4-6H2,1H3. The number of halogens is 3. The van der Waals surface area contributed by atoms with Gasteiger partial charge in [-0.05, 0) is 40.9 Å². The monoisotopic (exact) mass is 305 g/mol. The molecule has 0 bridgehead atoms. The zero-order valence-electron chi connectivity index (χ0n) is 9.47. The maximum Gasteiger partial charge on any atom is 0.144 e. The minimum absolute atomic E-state index is 0.0836. The highest BCUT2D eigenvalue weighted by Crippen LogP contribution is 2.25. The third-order valence-electron chi connectivity index (χ3n) is 3.13. The lowest BCUT2D eigenvalue weighted by molar-refractivity contribution is 0.0168. The molecule has 1 aromatic rings. The SMILES string of the molecule is COC1CC(NCc2c(F)ccc(Br)c2F)C1. The summed E-state index contributed by atoms with van der Waals surface area (Å²) in [5.41, 5.74) is 0.0836. The van der Waals surface area contributed by atoms with Gasteiger partial charge in [-0.3, -0.25) is 0 Å². The van der Waals surface area contributed by atoms with Gasteiger partial charge in [0.1, 0.15) is 11.6 Å². The van der Waals surface area contributed by atoms with Crippen LogP contribution in [0.4, 0.5) is 8.78 Å². The van der Waals surface area contributed by atoms with Gasteiger partial charge in [0.25, 0.3) is 0 Å². The van der Waals surface area contributed by atoms with E-state index in [-0.39, 0.29) is 24.3 Å². The first-order valence-electron chi connectivity index (χ1n) is 5.50. The van der Waals surface area contributed by atoms with Crippen molar-refractivity contribution in [2.45, 2.75) is 31.5 Å². The van der Waals surface area contributed by atoms with Crippen LogP contribution >= 0.6 is 15.9 Å². The second kappa shape index (κ2) is 5.42. The maximum atomic E-state index is 13.6. The summed E-state index contributed by atoms with van der Waals surface area (Å²) in [6.07, 6.45) is 2.08. The van der Waals surface area contributed by atoms with Gasteiger partial charge in [0.2, 0.25) is 0 Å². The molecular weight excluding hydrogens is 292 g/mol. The lowest BCUT2D eigenvalue weighted by atomic mass is 9.89. The number of methoxy groups -OCH3 is 1. The normalized spacial score (nSPS) is 23.5. The quantitative estimate of drug-likeness (QED) is 0.864. The summed E-state index contributed by atoms with van der Waals surface area (Å²) in [6.45, 7) is 0.207. The molecule has 1 aliphatic carbocycles. The Morgan fingerprint density at radius 3 is 2.76 bits per heavy atom. The second-order valence-electron chi connectivity index (χ2n) is 4.23. The highest BCUT2D eigenvalue weighted by molar-refractivity contribution is 9.10. The van der Waals surface area contributed by atoms with E-state index in [0.29, 0.717) is 4.47 Å². The van der Waals surface area contributed by atoms with Crippen molar-refractivity contribution < 1.29 is 13.5 Å². The zero-order valence-corrected chi connectivity index (χ0v) is 11.1. The van der Waals surface area contributed by atoms with Crippen molar-refractivity contribution in [1.29, 1.82) is 0 Å². The lowest BCUT2D eigenvalue weighted by Crippen LogP contribution is -2.44. The average molecular weight is 306 g/mol. The molecule has 0 atom stereocenters. The smallest absolute Gasteiger partial charge is 0.144 e. The Labute approximate surface area is 107 Å². The predicted octanol–water partition coefficient (Wildman–Crippen LogP) is 2.99. The topological polar surface area (TPSA) is 21.3 Å². The number of nitrogens with one attached hydrogen (secondary N) is 1. The summed E-state index contributed by atoms with van der Waals surface area (Å²) in [5.74, 6) is -1.04. The van der Waals surface area contributed by atoms with Crippen molar-refractivity contribution in [3.8, 4) is 0 Å². The average Bonchev–Trinajstić information content (AvgIpc) is 2.26. The van der Waals surface area contributed by atoms with E-state index in [1.54, 1.807) is 7.11 Å². The summed E-state index contributed by atoms with van der Waals surface area (Å²) >= 11 is 3.05. The van der Waals surface area contributed by atoms with E-state index in [1.807, 2.05) is 0 Å². The number of hydrogen-bond acceptors (Lipinski definition) is 2. The number of hydrogen-bond donors (Lipinski definition) is 1. The van der Waals surface area contributed by atoms with Crippen LogP contribution in [0.2, 0.25) is 0 Å². The molecule has 1 saturated carbocycles. The van der Waals surface area contributed by atoms with Gasteiger partial charge in [0.05, 0.1) is 10.6 Å². The van der Waals surface area contributed by atoms with Crippen LogP contribution in [0.15, 0.2) is 16.6 Å². The van der Waals surface area contributed by atoms with Crippen LogP contribution in [-0.2, 0) is 11.3 Å². The Balaban J connectivity index is 1.93. The molecule has 0 unspecified atom stereocenters. The van der Waals surface area contributed by atoms with Crippen LogP contribution in [0.25, 0.3) is 0 Å². The third-order valence-corrected chi connectivity index (χ3v) is 3.75. The van der Waals surface area contributed by atoms with Crippen molar-refractivity contribution in [2.24, 2.45) is 0 Å². The van der Waals surface area contributed by atoms with Crippen LogP contribution in [0, 0.1) is 11.6 Å². The molecule has 0 saturated heterocycles. The molecule has 1 fully saturated rings. The minimum Gasteiger partial charge on any atom is -0.381 e. The Hall–Kier alpha value is -0.520. The van der Waals surface area contributed by atoms with Crippen molar-refractivity contribution in [3.05, 3.63) is 33.8 Å². The molecule has 17 heavy (non-hydrogen) atoms. The molecule has 1 aromatic carbocycles. The molecule has 0 spiro atoms. The van der Waals surface area contributed by atoms with Gasteiger partial charge in [-0.2, -0.15) is 0 Å². The fourth-order valence-corrected chi connectivity index (χ4v) is 2.27. The molecule has 0 amide bonds. The van der Waals surface area contributed by atoms with Crippen LogP contribution in [0.1, 0.15) is 18.4 Å². The Morgan fingerprint density at radius 2 is 2.12 bits per heavy atom. The second-order valence-corrected chi connectivity index (χ2v) is 5.08. The highest BCUT2D eigenvalue weighted by atomic mass is 79.9. The Kier molecular flexibility index (Phi) is 4.12. The van der Waals surface area contributed by atoms with Crippen LogP contribution in [-0.4, -0.2) is 19.3 Å². The molecule has 2 rings (SSSR count). The van der Waals surface area contributed by atoms with E-state index in [0.717, 1.165) is 12.8 Å². The van der Waals surface area contributed by atoms with E-state index in [4.69, 9.17) is 4.74 Å². The minimum atomic E-state index is -0.528. The van der Waals surface area contributed by atoms with Gasteiger partial charge in [-0.1, -0.05) is 0 Å². The van der Waals surface area contributed by atoms with Gasteiger partial charge in [-0.15, -0.1) is 0 Å². The molecule has 0 heterocycles. The summed E-state index contributed by atoms with van der Waals surface area (Å²) in [6, 6.07) is 2.93. The summed E-state index contributed by atoms with van der Waals surface area (Å²) in [7, 11) is 1.68. The summed E-state index contributed by atoms with van der Waals surface area (Å²) < 4.78 is 32.5. The van der Waals surface area contributed by atoms with Gasteiger partial charge < -0.3 is 10.1 Å². The molecule has 1 aliphatic rings. The fraction of sp³-hybridized carbons (Fsp3) is 0.500. The molecule has 2 nitrogen and oxygen atoms in total.